The van der Waals surface area contributed by atoms with Crippen LogP contribution in [-0.2, 0) is 10.0 Å². The zero-order valence-corrected chi connectivity index (χ0v) is 20.8. The lowest BCUT2D eigenvalue weighted by atomic mass is 10.2. The minimum Gasteiger partial charge on any atom is -0.349 e. The Bertz CT molecular complexity index is 1520. The van der Waals surface area contributed by atoms with Crippen LogP contribution in [0.3, 0.4) is 0 Å². The highest BCUT2D eigenvalue weighted by molar-refractivity contribution is 7.89. The molecule has 0 unspecified atom stereocenters. The van der Waals surface area contributed by atoms with Crippen LogP contribution >= 0.6 is 11.3 Å². The summed E-state index contributed by atoms with van der Waals surface area (Å²) in [7, 11) is 0.0458. The molecular weight excluding hydrogens is 484 g/mol. The lowest BCUT2D eigenvalue weighted by Crippen LogP contribution is -2.44. The van der Waals surface area contributed by atoms with Gasteiger partial charge in [-0.3, -0.25) is 9.88 Å². The lowest BCUT2D eigenvalue weighted by Gasteiger charge is -2.32. The molecule has 2 bridgehead atoms. The van der Waals surface area contributed by atoms with Crippen LogP contribution in [0.2, 0.25) is 0 Å². The third-order valence-corrected chi connectivity index (χ3v) is 9.09. The summed E-state index contributed by atoms with van der Waals surface area (Å²) in [6, 6.07) is 9.69. The van der Waals surface area contributed by atoms with Gasteiger partial charge in [0.15, 0.2) is 5.82 Å². The molecule has 0 amide bonds. The number of thiazole rings is 1. The molecule has 5 heterocycles. The van der Waals surface area contributed by atoms with Gasteiger partial charge in [0, 0.05) is 43.0 Å². The normalized spacial score (nSPS) is 20.1. The van der Waals surface area contributed by atoms with Crippen molar-refractivity contribution in [2.45, 2.75) is 23.4 Å². The Kier molecular flexibility index (Phi) is 5.40. The largest absolute Gasteiger partial charge is 0.349 e. The highest BCUT2D eigenvalue weighted by atomic mass is 32.2. The molecule has 1 aromatic carbocycles. The zero-order chi connectivity index (χ0) is 24.2. The maximum absolute atomic E-state index is 12.2. The molecule has 4 aromatic rings. The second-order valence-electron chi connectivity index (χ2n) is 8.81. The number of hydrogen-bond acceptors (Lipinski definition) is 10. The predicted molar refractivity (Wildman–Crippen MR) is 137 cm³/mol. The number of nitrogens with zero attached hydrogens (tertiary/aromatic N) is 6. The van der Waals surface area contributed by atoms with Crippen molar-refractivity contribution < 1.29 is 8.42 Å². The van der Waals surface area contributed by atoms with E-state index in [-0.39, 0.29) is 4.90 Å². The van der Waals surface area contributed by atoms with Gasteiger partial charge in [0.05, 0.1) is 27.5 Å². The first-order chi connectivity index (χ1) is 16.9. The fourth-order valence-electron chi connectivity index (χ4n) is 4.77. The molecule has 2 N–H and O–H groups in total. The van der Waals surface area contributed by atoms with Crippen molar-refractivity contribution in [2.24, 2.45) is 0 Å². The first-order valence-corrected chi connectivity index (χ1v) is 13.6. The summed E-state index contributed by atoms with van der Waals surface area (Å²) in [5.41, 5.74) is 1.51. The highest BCUT2D eigenvalue weighted by Crippen LogP contribution is 2.34. The van der Waals surface area contributed by atoms with Crippen LogP contribution in [0.1, 0.15) is 6.42 Å². The quantitative estimate of drug-likeness (QED) is 0.405. The van der Waals surface area contributed by atoms with E-state index in [1.807, 2.05) is 18.3 Å². The molecule has 0 saturated carbocycles. The predicted octanol–water partition coefficient (Wildman–Crippen LogP) is 2.69. The first-order valence-electron chi connectivity index (χ1n) is 11.3. The number of rotatable bonds is 6. The number of sulfonamides is 1. The Labute approximate surface area is 207 Å². The average molecular weight is 509 g/mol. The molecule has 35 heavy (non-hydrogen) atoms. The molecule has 0 spiro atoms. The number of benzene rings is 1. The summed E-state index contributed by atoms with van der Waals surface area (Å²) in [4.78, 5) is 23.4. The maximum Gasteiger partial charge on any atom is 0.240 e. The summed E-state index contributed by atoms with van der Waals surface area (Å²) < 4.78 is 27.6. The van der Waals surface area contributed by atoms with Crippen molar-refractivity contribution in [3.05, 3.63) is 48.9 Å². The number of piperazine rings is 1. The Morgan fingerprint density at radius 2 is 1.94 bits per heavy atom. The fourth-order valence-corrected chi connectivity index (χ4v) is 6.46. The number of likely N-dealkylation sites (N-methyl/N-ethyl adjacent to an activating group) is 1. The molecule has 2 aliphatic heterocycles. The van der Waals surface area contributed by atoms with E-state index >= 15 is 0 Å². The van der Waals surface area contributed by atoms with Gasteiger partial charge in [0.1, 0.15) is 16.6 Å². The average Bonchev–Trinajstić information content (AvgIpc) is 3.58. The van der Waals surface area contributed by atoms with Crippen LogP contribution in [0.5, 0.6) is 0 Å². The Morgan fingerprint density at radius 3 is 2.71 bits per heavy atom. The van der Waals surface area contributed by atoms with E-state index in [9.17, 15) is 8.42 Å². The van der Waals surface area contributed by atoms with Gasteiger partial charge in [-0.25, -0.2) is 28.1 Å². The number of anilines is 3. The van der Waals surface area contributed by atoms with Crippen LogP contribution in [0.4, 0.5) is 17.5 Å². The van der Waals surface area contributed by atoms with Gasteiger partial charge in [0.25, 0.3) is 0 Å². The van der Waals surface area contributed by atoms with E-state index < -0.39 is 10.0 Å². The minimum absolute atomic E-state index is 0.202. The third-order valence-electron chi connectivity index (χ3n) is 6.62. The molecule has 180 valence electrons. The molecule has 2 atom stereocenters. The van der Waals surface area contributed by atoms with Gasteiger partial charge < -0.3 is 10.2 Å². The molecule has 10 nitrogen and oxygen atoms in total. The molecule has 6 rings (SSSR count). The molecular formula is C23H24N8O2S2. The highest BCUT2D eigenvalue weighted by Gasteiger charge is 2.42. The van der Waals surface area contributed by atoms with E-state index in [1.54, 1.807) is 30.6 Å². The monoisotopic (exact) mass is 508 g/mol. The van der Waals surface area contributed by atoms with Crippen molar-refractivity contribution in [1.82, 2.24) is 29.6 Å². The van der Waals surface area contributed by atoms with Crippen LogP contribution < -0.4 is 14.9 Å². The Balaban J connectivity index is 1.24. The van der Waals surface area contributed by atoms with Gasteiger partial charge in [-0.05, 0) is 32.6 Å². The Morgan fingerprint density at radius 1 is 1.06 bits per heavy atom. The second kappa shape index (κ2) is 8.48. The lowest BCUT2D eigenvalue weighted by molar-refractivity contribution is 0.292. The first kappa shape index (κ1) is 22.3. The SMILES string of the molecule is CNS(=O)(=O)c1cccc(-c2nc3cc(Nc4cncc(N5C[C@@H]6C[C@H]5CN6C)n4)ncc3s2)c1. The van der Waals surface area contributed by atoms with Gasteiger partial charge in [0.2, 0.25) is 10.0 Å². The van der Waals surface area contributed by atoms with Gasteiger partial charge in [-0.1, -0.05) is 12.1 Å². The van der Waals surface area contributed by atoms with Crippen molar-refractivity contribution >= 4 is 49.0 Å². The summed E-state index contributed by atoms with van der Waals surface area (Å²) in [5.74, 6) is 2.13. The summed E-state index contributed by atoms with van der Waals surface area (Å²) in [6.45, 7) is 2.03. The summed E-state index contributed by atoms with van der Waals surface area (Å²) >= 11 is 1.46. The third kappa shape index (κ3) is 4.12. The number of nitrogens with one attached hydrogen (secondary N) is 2. The van der Waals surface area contributed by atoms with Crippen LogP contribution in [0, 0.1) is 0 Å². The summed E-state index contributed by atoms with van der Waals surface area (Å²) in [6.07, 6.45) is 6.44. The fraction of sp³-hybridized carbons (Fsp3) is 0.304. The van der Waals surface area contributed by atoms with E-state index in [2.05, 4.69) is 36.9 Å². The number of aromatic nitrogens is 4. The van der Waals surface area contributed by atoms with Crippen molar-refractivity contribution in [3.63, 3.8) is 0 Å². The van der Waals surface area contributed by atoms with Crippen molar-refractivity contribution in [1.29, 1.82) is 0 Å². The van der Waals surface area contributed by atoms with E-state index in [0.717, 1.165) is 39.7 Å². The van der Waals surface area contributed by atoms with Gasteiger partial charge in [-0.2, -0.15) is 0 Å². The smallest absolute Gasteiger partial charge is 0.240 e. The second-order valence-corrected chi connectivity index (χ2v) is 11.7. The van der Waals surface area contributed by atoms with E-state index in [4.69, 9.17) is 9.97 Å². The van der Waals surface area contributed by atoms with Crippen molar-refractivity contribution in [3.8, 4) is 10.6 Å². The van der Waals surface area contributed by atoms with Crippen LogP contribution in [-0.4, -0.2) is 72.5 Å². The topological polar surface area (TPSA) is 116 Å². The van der Waals surface area contributed by atoms with Crippen molar-refractivity contribution in [2.75, 3.05) is 37.4 Å². The zero-order valence-electron chi connectivity index (χ0n) is 19.2. The van der Waals surface area contributed by atoms with Gasteiger partial charge >= 0.3 is 0 Å². The number of likely N-dealkylation sites (tertiary alicyclic amines) is 1. The molecule has 0 aliphatic carbocycles. The standard InChI is InChI=1S/C23H24N8O2S2/c1-24-35(32,33)17-5-3-4-14(6-17)23-27-18-8-20(26-9-19(18)34-23)28-21-10-25-11-22(29-21)31-13-15-7-16(31)12-30(15)2/h3-6,8-11,15-16,24H,7,12-13H2,1-2H3,(H,26,28,29)/t15-,16-/m0/s1. The minimum atomic E-state index is -3.53. The van der Waals surface area contributed by atoms with Crippen LogP contribution in [0.15, 0.2) is 53.8 Å². The summed E-state index contributed by atoms with van der Waals surface area (Å²) in [5, 5.41) is 3.98. The molecule has 0 radical (unpaired) electrons. The number of hydrogen-bond donors (Lipinski definition) is 2. The van der Waals surface area contributed by atoms with E-state index in [0.29, 0.717) is 23.7 Å². The van der Waals surface area contributed by atoms with Crippen LogP contribution in [0.25, 0.3) is 20.8 Å². The molecule has 2 saturated heterocycles. The number of pyridine rings is 1. The molecule has 2 aliphatic rings. The maximum atomic E-state index is 12.2. The molecule has 12 heteroatoms. The molecule has 3 aromatic heterocycles. The van der Waals surface area contributed by atoms with Gasteiger partial charge in [-0.15, -0.1) is 11.3 Å². The van der Waals surface area contributed by atoms with E-state index in [1.165, 1.54) is 24.8 Å². The molecule has 2 fully saturated rings. The number of fused-ring (bicyclic) bond motifs is 3. The Hall–Kier alpha value is -3.19.